The van der Waals surface area contributed by atoms with Crippen molar-refractivity contribution in [2.75, 3.05) is 20.2 Å². The number of unbranched alkanes of at least 4 members (excludes halogenated alkanes) is 11. The summed E-state index contributed by atoms with van der Waals surface area (Å²) in [5.41, 5.74) is 0.537. The molecule has 0 radical (unpaired) electrons. The van der Waals surface area contributed by atoms with Crippen LogP contribution in [0, 0.1) is 0 Å². The first-order valence-corrected chi connectivity index (χ1v) is 12.8. The lowest BCUT2D eigenvalue weighted by atomic mass is 10.1. The van der Waals surface area contributed by atoms with Gasteiger partial charge in [-0.25, -0.2) is 4.79 Å². The third kappa shape index (κ3) is 14.8. The molecule has 0 atom stereocenters. The first-order chi connectivity index (χ1) is 15.6. The number of hydrogen-bond acceptors (Lipinski definition) is 3. The molecule has 1 amide bonds. The number of hydrogen-bond donors (Lipinski definition) is 0. The zero-order chi connectivity index (χ0) is 23.3. The van der Waals surface area contributed by atoms with E-state index >= 15 is 0 Å². The molecular formula is C28H45NO3. The second kappa shape index (κ2) is 19.6. The van der Waals surface area contributed by atoms with Gasteiger partial charge in [-0.2, -0.15) is 0 Å². The van der Waals surface area contributed by atoms with Gasteiger partial charge in [0.05, 0.1) is 12.1 Å². The summed E-state index contributed by atoms with van der Waals surface area (Å²) in [5, 5.41) is 0. The lowest BCUT2D eigenvalue weighted by Crippen LogP contribution is -2.30. The second-order valence-electron chi connectivity index (χ2n) is 8.65. The number of allylic oxidation sites excluding steroid dienone is 2. The molecule has 0 spiro atoms. The van der Waals surface area contributed by atoms with E-state index in [2.05, 4.69) is 19.1 Å². The van der Waals surface area contributed by atoms with Crippen LogP contribution in [0.3, 0.4) is 0 Å². The highest BCUT2D eigenvalue weighted by Gasteiger charge is 2.10. The highest BCUT2D eigenvalue weighted by molar-refractivity contribution is 5.89. The number of carbonyl (C=O) groups excluding carboxylic acids is 2. The molecule has 0 heterocycles. The molecule has 0 fully saturated rings. The zero-order valence-electron chi connectivity index (χ0n) is 20.5. The van der Waals surface area contributed by atoms with Crippen molar-refractivity contribution in [2.24, 2.45) is 0 Å². The topological polar surface area (TPSA) is 46.6 Å². The van der Waals surface area contributed by atoms with Gasteiger partial charge in [-0.1, -0.05) is 88.6 Å². The van der Waals surface area contributed by atoms with Gasteiger partial charge in [0.2, 0.25) is 5.91 Å². The summed E-state index contributed by atoms with van der Waals surface area (Å²) >= 11 is 0. The van der Waals surface area contributed by atoms with Crippen LogP contribution in [0.25, 0.3) is 0 Å². The Balaban J connectivity index is 1.92. The first-order valence-electron chi connectivity index (χ1n) is 12.8. The largest absolute Gasteiger partial charge is 0.460 e. The monoisotopic (exact) mass is 443 g/mol. The van der Waals surface area contributed by atoms with Crippen LogP contribution in [0.2, 0.25) is 0 Å². The number of likely N-dealkylation sites (N-methyl/N-ethyl adjacent to an activating group) is 1. The molecule has 32 heavy (non-hydrogen) atoms. The van der Waals surface area contributed by atoms with E-state index in [9.17, 15) is 9.59 Å². The van der Waals surface area contributed by atoms with Crippen LogP contribution in [0.15, 0.2) is 42.5 Å². The molecule has 0 saturated heterocycles. The van der Waals surface area contributed by atoms with Crippen LogP contribution < -0.4 is 0 Å². The molecule has 0 aliphatic carbocycles. The van der Waals surface area contributed by atoms with Crippen LogP contribution >= 0.6 is 0 Å². The Morgan fingerprint density at radius 3 is 2.00 bits per heavy atom. The molecule has 4 nitrogen and oxygen atoms in total. The standard InChI is InChI=1S/C28H45NO3/c1-3-4-5-6-7-8-9-10-11-12-13-14-15-16-20-23-27(30)29(2)24-25-32-28(31)26-21-18-17-19-22-26/h10-11,17-19,21-22H,3-9,12-16,20,23-25H2,1-2H3. The number of ether oxygens (including phenoxy) is 1. The van der Waals surface area contributed by atoms with Crippen molar-refractivity contribution >= 4 is 11.9 Å². The Bertz CT molecular complexity index is 627. The Labute approximate surface area is 196 Å². The lowest BCUT2D eigenvalue weighted by molar-refractivity contribution is -0.130. The second-order valence-corrected chi connectivity index (χ2v) is 8.65. The Morgan fingerprint density at radius 1 is 0.812 bits per heavy atom. The van der Waals surface area contributed by atoms with E-state index in [1.165, 1.54) is 70.6 Å². The maximum absolute atomic E-state index is 12.2. The van der Waals surface area contributed by atoms with Gasteiger partial charge in [0.15, 0.2) is 0 Å². The maximum atomic E-state index is 12.2. The fraction of sp³-hybridized carbons (Fsp3) is 0.643. The summed E-state index contributed by atoms with van der Waals surface area (Å²) in [4.78, 5) is 25.8. The predicted octanol–water partition coefficient (Wildman–Crippen LogP) is 7.34. The van der Waals surface area contributed by atoms with Crippen molar-refractivity contribution in [1.29, 1.82) is 0 Å². The van der Waals surface area contributed by atoms with E-state index < -0.39 is 0 Å². The molecule has 0 saturated carbocycles. The van der Waals surface area contributed by atoms with E-state index in [-0.39, 0.29) is 18.5 Å². The van der Waals surface area contributed by atoms with Crippen molar-refractivity contribution in [3.63, 3.8) is 0 Å². The number of amides is 1. The molecule has 4 heteroatoms. The molecule has 0 aliphatic rings. The van der Waals surface area contributed by atoms with Crippen molar-refractivity contribution < 1.29 is 14.3 Å². The fourth-order valence-electron chi connectivity index (χ4n) is 3.60. The molecule has 0 bridgehead atoms. The fourth-order valence-corrected chi connectivity index (χ4v) is 3.60. The van der Waals surface area contributed by atoms with Crippen LogP contribution in [-0.4, -0.2) is 37.0 Å². The number of benzene rings is 1. The third-order valence-corrected chi connectivity index (χ3v) is 5.75. The molecule has 0 aromatic heterocycles. The summed E-state index contributed by atoms with van der Waals surface area (Å²) in [5.74, 6) is -0.220. The average Bonchev–Trinajstić information content (AvgIpc) is 2.81. The van der Waals surface area contributed by atoms with Crippen molar-refractivity contribution in [3.8, 4) is 0 Å². The molecule has 0 unspecified atom stereocenters. The van der Waals surface area contributed by atoms with E-state index in [0.29, 0.717) is 18.5 Å². The Kier molecular flexibility index (Phi) is 17.1. The van der Waals surface area contributed by atoms with E-state index in [1.807, 2.05) is 6.07 Å². The van der Waals surface area contributed by atoms with Crippen LogP contribution in [0.4, 0.5) is 0 Å². The summed E-state index contributed by atoms with van der Waals surface area (Å²) in [6, 6.07) is 8.92. The minimum atomic E-state index is -0.344. The minimum Gasteiger partial charge on any atom is -0.460 e. The van der Waals surface area contributed by atoms with E-state index in [1.54, 1.807) is 36.2 Å². The SMILES string of the molecule is CCCCCCCCC=CCCCCCCCC(=O)N(C)CCOC(=O)c1ccccc1. The minimum absolute atomic E-state index is 0.124. The highest BCUT2D eigenvalue weighted by Crippen LogP contribution is 2.10. The predicted molar refractivity (Wildman–Crippen MR) is 134 cm³/mol. The van der Waals surface area contributed by atoms with Gasteiger partial charge in [0.1, 0.15) is 6.61 Å². The van der Waals surface area contributed by atoms with Gasteiger partial charge in [-0.3, -0.25) is 4.79 Å². The summed E-state index contributed by atoms with van der Waals surface area (Å²) in [7, 11) is 1.77. The normalized spacial score (nSPS) is 11.1. The Morgan fingerprint density at radius 2 is 1.38 bits per heavy atom. The van der Waals surface area contributed by atoms with Crippen molar-refractivity contribution in [1.82, 2.24) is 4.90 Å². The van der Waals surface area contributed by atoms with Gasteiger partial charge < -0.3 is 9.64 Å². The third-order valence-electron chi connectivity index (χ3n) is 5.75. The lowest BCUT2D eigenvalue weighted by Gasteiger charge is -2.17. The van der Waals surface area contributed by atoms with Crippen molar-refractivity contribution in [2.45, 2.75) is 96.8 Å². The first kappa shape index (κ1) is 27.9. The number of rotatable bonds is 19. The van der Waals surface area contributed by atoms with Crippen LogP contribution in [0.5, 0.6) is 0 Å². The van der Waals surface area contributed by atoms with Gasteiger partial charge in [-0.05, 0) is 44.2 Å². The molecule has 0 aliphatic heterocycles. The number of carbonyl (C=O) groups is 2. The Hall–Kier alpha value is -2.10. The highest BCUT2D eigenvalue weighted by atomic mass is 16.5. The summed E-state index contributed by atoms with van der Waals surface area (Å²) in [6.07, 6.45) is 21.6. The molecule has 1 rings (SSSR count). The van der Waals surface area contributed by atoms with Crippen LogP contribution in [-0.2, 0) is 9.53 Å². The van der Waals surface area contributed by atoms with E-state index in [4.69, 9.17) is 4.74 Å². The molecule has 1 aromatic rings. The van der Waals surface area contributed by atoms with E-state index in [0.717, 1.165) is 12.8 Å². The number of nitrogens with zero attached hydrogens (tertiary/aromatic N) is 1. The molecule has 1 aromatic carbocycles. The summed E-state index contributed by atoms with van der Waals surface area (Å²) in [6.45, 7) is 2.92. The van der Waals surface area contributed by atoms with Gasteiger partial charge in [0, 0.05) is 13.5 Å². The summed E-state index contributed by atoms with van der Waals surface area (Å²) < 4.78 is 5.24. The zero-order valence-corrected chi connectivity index (χ0v) is 20.5. The molecule has 0 N–H and O–H groups in total. The van der Waals surface area contributed by atoms with Gasteiger partial charge in [0.25, 0.3) is 0 Å². The van der Waals surface area contributed by atoms with Crippen molar-refractivity contribution in [3.05, 3.63) is 48.0 Å². The van der Waals surface area contributed by atoms with Crippen LogP contribution in [0.1, 0.15) is 107 Å². The van der Waals surface area contributed by atoms with Gasteiger partial charge >= 0.3 is 5.97 Å². The molecule has 180 valence electrons. The quantitative estimate of drug-likeness (QED) is 0.128. The average molecular weight is 444 g/mol. The number of esters is 1. The maximum Gasteiger partial charge on any atom is 0.338 e. The smallest absolute Gasteiger partial charge is 0.338 e. The van der Waals surface area contributed by atoms with Gasteiger partial charge in [-0.15, -0.1) is 0 Å². The molecular weight excluding hydrogens is 398 g/mol.